The highest BCUT2D eigenvalue weighted by Gasteiger charge is 2.43. The van der Waals surface area contributed by atoms with Crippen LogP contribution in [0.25, 0.3) is 0 Å². The summed E-state index contributed by atoms with van der Waals surface area (Å²) in [5.41, 5.74) is 0.196. The van der Waals surface area contributed by atoms with Crippen molar-refractivity contribution in [3.8, 4) is 0 Å². The second-order valence-corrected chi connectivity index (χ2v) is 5.01. The summed E-state index contributed by atoms with van der Waals surface area (Å²) in [5.74, 6) is 1.48. The molecule has 0 saturated heterocycles. The molecule has 0 amide bonds. The second-order valence-electron chi connectivity index (χ2n) is 5.01. The Morgan fingerprint density at radius 1 is 1.14 bits per heavy atom. The summed E-state index contributed by atoms with van der Waals surface area (Å²) in [6, 6.07) is 0. The molecule has 0 aromatic heterocycles. The molecule has 1 spiro atoms. The summed E-state index contributed by atoms with van der Waals surface area (Å²) in [6.07, 6.45) is 11.0. The molecule has 0 aromatic rings. The van der Waals surface area contributed by atoms with Gasteiger partial charge in [0.2, 0.25) is 0 Å². The first-order chi connectivity index (χ1) is 6.76. The Labute approximate surface area is 87.5 Å². The van der Waals surface area contributed by atoms with Crippen LogP contribution in [0.15, 0.2) is 12.2 Å². The van der Waals surface area contributed by atoms with Crippen molar-refractivity contribution < 1.29 is 4.74 Å². The molecule has 2 aliphatic rings. The zero-order valence-electron chi connectivity index (χ0n) is 9.46. The topological polar surface area (TPSA) is 9.23 Å². The maximum atomic E-state index is 6.17. The Balaban J connectivity index is 2.16. The van der Waals surface area contributed by atoms with Crippen molar-refractivity contribution in [3.05, 3.63) is 12.2 Å². The summed E-state index contributed by atoms with van der Waals surface area (Å²) in [5, 5.41) is 0. The van der Waals surface area contributed by atoms with Crippen molar-refractivity contribution >= 4 is 0 Å². The third-order valence-electron chi connectivity index (χ3n) is 4.26. The zero-order chi connectivity index (χ0) is 10.0. The molecule has 0 N–H and O–H groups in total. The van der Waals surface area contributed by atoms with Gasteiger partial charge in [-0.25, -0.2) is 0 Å². The highest BCUT2D eigenvalue weighted by Crippen LogP contribution is 2.44. The summed E-state index contributed by atoms with van der Waals surface area (Å²) in [6.45, 7) is 5.58. The van der Waals surface area contributed by atoms with Crippen molar-refractivity contribution in [2.75, 3.05) is 6.61 Å². The van der Waals surface area contributed by atoms with Gasteiger partial charge in [-0.05, 0) is 37.5 Å². The summed E-state index contributed by atoms with van der Waals surface area (Å²) >= 11 is 0. The first kappa shape index (κ1) is 10.2. The van der Waals surface area contributed by atoms with Gasteiger partial charge >= 0.3 is 0 Å². The van der Waals surface area contributed by atoms with E-state index in [1.165, 1.54) is 32.1 Å². The molecule has 1 saturated carbocycles. The van der Waals surface area contributed by atoms with E-state index in [1.807, 2.05) is 0 Å². The van der Waals surface area contributed by atoms with Gasteiger partial charge in [-0.3, -0.25) is 0 Å². The molecule has 1 aliphatic carbocycles. The van der Waals surface area contributed by atoms with Crippen LogP contribution in [-0.4, -0.2) is 12.2 Å². The van der Waals surface area contributed by atoms with E-state index in [-0.39, 0.29) is 5.60 Å². The Hall–Kier alpha value is -0.300. The molecular formula is C13H22O. The SMILES string of the molecule is C[C@@H]1CCC[C@H](C)C12CCC=CCO2. The molecule has 1 unspecified atom stereocenters. The van der Waals surface area contributed by atoms with Crippen LogP contribution in [0.3, 0.4) is 0 Å². The van der Waals surface area contributed by atoms with E-state index >= 15 is 0 Å². The molecular weight excluding hydrogens is 172 g/mol. The average Bonchev–Trinajstić information content (AvgIpc) is 2.41. The predicted octanol–water partition coefficient (Wildman–Crippen LogP) is 3.55. The molecule has 1 heterocycles. The van der Waals surface area contributed by atoms with Crippen LogP contribution >= 0.6 is 0 Å². The van der Waals surface area contributed by atoms with Crippen molar-refractivity contribution in [2.45, 2.75) is 51.6 Å². The lowest BCUT2D eigenvalue weighted by atomic mass is 9.67. The van der Waals surface area contributed by atoms with Crippen LogP contribution in [0.4, 0.5) is 0 Å². The smallest absolute Gasteiger partial charge is 0.0740 e. The lowest BCUT2D eigenvalue weighted by Crippen LogP contribution is -2.47. The largest absolute Gasteiger partial charge is 0.370 e. The molecule has 0 bridgehead atoms. The average molecular weight is 194 g/mol. The number of hydrogen-bond acceptors (Lipinski definition) is 1. The fraction of sp³-hybridized carbons (Fsp3) is 0.846. The molecule has 1 heteroatoms. The van der Waals surface area contributed by atoms with Crippen molar-refractivity contribution in [2.24, 2.45) is 11.8 Å². The Kier molecular flexibility index (Phi) is 2.96. The van der Waals surface area contributed by atoms with Crippen LogP contribution in [0, 0.1) is 11.8 Å². The van der Waals surface area contributed by atoms with Crippen LogP contribution < -0.4 is 0 Å². The molecule has 1 fully saturated rings. The third kappa shape index (κ3) is 1.63. The maximum absolute atomic E-state index is 6.17. The van der Waals surface area contributed by atoms with E-state index in [1.54, 1.807) is 0 Å². The van der Waals surface area contributed by atoms with Crippen molar-refractivity contribution in [3.63, 3.8) is 0 Å². The quantitative estimate of drug-likeness (QED) is 0.536. The van der Waals surface area contributed by atoms with E-state index in [0.29, 0.717) is 0 Å². The van der Waals surface area contributed by atoms with Crippen LogP contribution in [0.5, 0.6) is 0 Å². The van der Waals surface area contributed by atoms with Gasteiger partial charge < -0.3 is 4.74 Å². The minimum atomic E-state index is 0.196. The lowest BCUT2D eigenvalue weighted by molar-refractivity contribution is -0.129. The molecule has 1 nitrogen and oxygen atoms in total. The van der Waals surface area contributed by atoms with E-state index in [9.17, 15) is 0 Å². The molecule has 1 aliphatic heterocycles. The molecule has 80 valence electrons. The number of allylic oxidation sites excluding steroid dienone is 1. The van der Waals surface area contributed by atoms with Crippen LogP contribution in [-0.2, 0) is 4.74 Å². The normalized spacial score (nSPS) is 43.9. The number of rotatable bonds is 0. The maximum Gasteiger partial charge on any atom is 0.0740 e. The van der Waals surface area contributed by atoms with Gasteiger partial charge in [-0.1, -0.05) is 32.4 Å². The van der Waals surface area contributed by atoms with Gasteiger partial charge in [0.25, 0.3) is 0 Å². The van der Waals surface area contributed by atoms with E-state index in [0.717, 1.165) is 18.4 Å². The van der Waals surface area contributed by atoms with Gasteiger partial charge in [-0.15, -0.1) is 0 Å². The van der Waals surface area contributed by atoms with Gasteiger partial charge in [0.1, 0.15) is 0 Å². The standard InChI is InChI=1S/C13H22O/c1-11-7-6-8-12(2)13(11)9-4-3-5-10-14-13/h3,5,11-12H,4,6-10H2,1-2H3/t11-,12+,13?. The van der Waals surface area contributed by atoms with Crippen LogP contribution in [0.1, 0.15) is 46.0 Å². The summed E-state index contributed by atoms with van der Waals surface area (Å²) in [7, 11) is 0. The van der Waals surface area contributed by atoms with Crippen molar-refractivity contribution in [1.29, 1.82) is 0 Å². The highest BCUT2D eigenvalue weighted by atomic mass is 16.5. The predicted molar refractivity (Wildman–Crippen MR) is 59.2 cm³/mol. The molecule has 0 aromatic carbocycles. The Morgan fingerprint density at radius 2 is 1.86 bits per heavy atom. The van der Waals surface area contributed by atoms with E-state index in [2.05, 4.69) is 26.0 Å². The van der Waals surface area contributed by atoms with Crippen molar-refractivity contribution in [1.82, 2.24) is 0 Å². The van der Waals surface area contributed by atoms with E-state index in [4.69, 9.17) is 4.74 Å². The molecule has 2 rings (SSSR count). The minimum Gasteiger partial charge on any atom is -0.370 e. The Morgan fingerprint density at radius 3 is 2.57 bits per heavy atom. The number of ether oxygens (including phenoxy) is 1. The fourth-order valence-electron chi connectivity index (χ4n) is 3.25. The Bertz CT molecular complexity index is 197. The second kappa shape index (κ2) is 4.06. The fourth-order valence-corrected chi connectivity index (χ4v) is 3.25. The first-order valence-electron chi connectivity index (χ1n) is 6.04. The van der Waals surface area contributed by atoms with E-state index < -0.39 is 0 Å². The van der Waals surface area contributed by atoms with Gasteiger partial charge in [0.15, 0.2) is 0 Å². The minimum absolute atomic E-state index is 0.196. The molecule has 0 radical (unpaired) electrons. The first-order valence-corrected chi connectivity index (χ1v) is 6.04. The lowest BCUT2D eigenvalue weighted by Gasteiger charge is -2.46. The molecule has 3 atom stereocenters. The van der Waals surface area contributed by atoms with Gasteiger partial charge in [0.05, 0.1) is 12.2 Å². The monoisotopic (exact) mass is 194 g/mol. The highest BCUT2D eigenvalue weighted by molar-refractivity contribution is 4.99. The third-order valence-corrected chi connectivity index (χ3v) is 4.26. The van der Waals surface area contributed by atoms with Gasteiger partial charge in [0, 0.05) is 0 Å². The van der Waals surface area contributed by atoms with Crippen LogP contribution in [0.2, 0.25) is 0 Å². The zero-order valence-corrected chi connectivity index (χ0v) is 9.46. The molecule has 14 heavy (non-hydrogen) atoms. The van der Waals surface area contributed by atoms with Gasteiger partial charge in [-0.2, -0.15) is 0 Å². The number of hydrogen-bond donors (Lipinski definition) is 0. The summed E-state index contributed by atoms with van der Waals surface area (Å²) in [4.78, 5) is 0. The summed E-state index contributed by atoms with van der Waals surface area (Å²) < 4.78 is 6.17.